The van der Waals surface area contributed by atoms with E-state index in [9.17, 15) is 4.79 Å². The second-order valence-corrected chi connectivity index (χ2v) is 6.75. The minimum atomic E-state index is 0.120. The number of hydrogen-bond donors (Lipinski definition) is 0. The summed E-state index contributed by atoms with van der Waals surface area (Å²) in [5.41, 5.74) is 2.31. The van der Waals surface area contributed by atoms with Gasteiger partial charge in [-0.25, -0.2) is 0 Å². The molecule has 6 heteroatoms. The first-order valence-corrected chi connectivity index (χ1v) is 8.58. The minimum absolute atomic E-state index is 0.120. The fourth-order valence-corrected chi connectivity index (χ4v) is 3.82. The summed E-state index contributed by atoms with van der Waals surface area (Å²) in [7, 11) is 0. The molecule has 23 heavy (non-hydrogen) atoms. The van der Waals surface area contributed by atoms with Crippen LogP contribution >= 0.6 is 0 Å². The fourth-order valence-electron chi connectivity index (χ4n) is 3.82. The third-order valence-electron chi connectivity index (χ3n) is 5.39. The van der Waals surface area contributed by atoms with Crippen molar-refractivity contribution in [2.45, 2.75) is 52.1 Å². The maximum atomic E-state index is 12.3. The second-order valence-electron chi connectivity index (χ2n) is 6.75. The van der Waals surface area contributed by atoms with Crippen LogP contribution in [-0.4, -0.2) is 59.3 Å². The Balaban J connectivity index is 1.65. The van der Waals surface area contributed by atoms with Crippen LogP contribution in [0.25, 0.3) is 0 Å². The van der Waals surface area contributed by atoms with Crippen molar-refractivity contribution in [1.29, 1.82) is 0 Å². The van der Waals surface area contributed by atoms with Crippen molar-refractivity contribution in [1.82, 2.24) is 15.0 Å². The van der Waals surface area contributed by atoms with Crippen LogP contribution in [-0.2, 0) is 16.1 Å². The average molecular weight is 321 g/mol. The molecule has 0 aliphatic carbocycles. The zero-order valence-electron chi connectivity index (χ0n) is 14.4. The minimum Gasteiger partial charge on any atom is -0.372 e. The van der Waals surface area contributed by atoms with Crippen molar-refractivity contribution in [2.75, 3.05) is 32.8 Å². The number of amides is 1. The number of ether oxygens (including phenoxy) is 1. The van der Waals surface area contributed by atoms with Crippen LogP contribution in [0.3, 0.4) is 0 Å². The summed E-state index contributed by atoms with van der Waals surface area (Å²) in [6.45, 7) is 10.3. The number of piperidine rings is 1. The molecule has 1 spiro atoms. The van der Waals surface area contributed by atoms with E-state index >= 15 is 0 Å². The number of hydrogen-bond acceptors (Lipinski definition) is 5. The predicted octanol–water partition coefficient (Wildman–Crippen LogP) is 1.89. The first-order valence-electron chi connectivity index (χ1n) is 8.58. The molecule has 2 saturated heterocycles. The standard InChI is InChI=1S/C17H27N3O3/c1-4-22-11-16(21)19-8-5-6-17(12-19)7-9-20(17)10-15-13(2)18-23-14(15)3/h4-12H2,1-3H3. The third kappa shape index (κ3) is 3.15. The Morgan fingerprint density at radius 2 is 2.17 bits per heavy atom. The van der Waals surface area contributed by atoms with E-state index in [1.165, 1.54) is 5.56 Å². The zero-order valence-corrected chi connectivity index (χ0v) is 14.4. The molecule has 0 radical (unpaired) electrons. The highest BCUT2D eigenvalue weighted by Crippen LogP contribution is 2.40. The maximum Gasteiger partial charge on any atom is 0.248 e. The van der Waals surface area contributed by atoms with Crippen LogP contribution in [0.1, 0.15) is 43.2 Å². The second kappa shape index (κ2) is 6.61. The molecule has 1 unspecified atom stereocenters. The maximum absolute atomic E-state index is 12.3. The van der Waals surface area contributed by atoms with Crippen molar-refractivity contribution in [3.8, 4) is 0 Å². The van der Waals surface area contributed by atoms with E-state index in [2.05, 4.69) is 10.1 Å². The summed E-state index contributed by atoms with van der Waals surface area (Å²) in [4.78, 5) is 16.8. The molecule has 1 aromatic rings. The van der Waals surface area contributed by atoms with E-state index in [1.54, 1.807) is 0 Å². The molecule has 0 bridgehead atoms. The molecule has 1 atom stereocenters. The quantitative estimate of drug-likeness (QED) is 0.829. The van der Waals surface area contributed by atoms with Gasteiger partial charge in [0.05, 0.1) is 5.69 Å². The zero-order chi connectivity index (χ0) is 16.4. The van der Waals surface area contributed by atoms with E-state index in [-0.39, 0.29) is 18.1 Å². The molecule has 2 aliphatic heterocycles. The van der Waals surface area contributed by atoms with Gasteiger partial charge in [0.25, 0.3) is 0 Å². The highest BCUT2D eigenvalue weighted by Gasteiger charge is 2.48. The SMILES string of the molecule is CCOCC(=O)N1CCCC2(CCN2Cc2c(C)noc2C)C1. The molecule has 2 fully saturated rings. The first-order chi connectivity index (χ1) is 11.1. The summed E-state index contributed by atoms with van der Waals surface area (Å²) < 4.78 is 10.6. The van der Waals surface area contributed by atoms with Crippen LogP contribution < -0.4 is 0 Å². The van der Waals surface area contributed by atoms with Gasteiger partial charge in [-0.1, -0.05) is 5.16 Å². The summed E-state index contributed by atoms with van der Waals surface area (Å²) in [6, 6.07) is 0. The number of likely N-dealkylation sites (tertiary alicyclic amines) is 2. The lowest BCUT2D eigenvalue weighted by Gasteiger charge is -2.57. The van der Waals surface area contributed by atoms with Gasteiger partial charge in [0.15, 0.2) is 0 Å². The van der Waals surface area contributed by atoms with Gasteiger partial charge < -0.3 is 14.2 Å². The van der Waals surface area contributed by atoms with Gasteiger partial charge in [-0.15, -0.1) is 0 Å². The van der Waals surface area contributed by atoms with E-state index in [4.69, 9.17) is 9.26 Å². The largest absolute Gasteiger partial charge is 0.372 e. The molecule has 1 aromatic heterocycles. The molecule has 6 nitrogen and oxygen atoms in total. The van der Waals surface area contributed by atoms with Crippen molar-refractivity contribution < 1.29 is 14.1 Å². The summed E-state index contributed by atoms with van der Waals surface area (Å²) in [5, 5.41) is 4.06. The fraction of sp³-hybridized carbons (Fsp3) is 0.765. The van der Waals surface area contributed by atoms with Crippen molar-refractivity contribution in [2.24, 2.45) is 0 Å². The van der Waals surface area contributed by atoms with Crippen LogP contribution in [0.15, 0.2) is 4.52 Å². The van der Waals surface area contributed by atoms with E-state index < -0.39 is 0 Å². The Kier molecular flexibility index (Phi) is 4.73. The molecular formula is C17H27N3O3. The normalized spacial score (nSPS) is 24.9. The molecular weight excluding hydrogens is 294 g/mol. The molecule has 2 aliphatic rings. The number of rotatable bonds is 5. The van der Waals surface area contributed by atoms with Gasteiger partial charge in [-0.3, -0.25) is 9.69 Å². The van der Waals surface area contributed by atoms with Crippen molar-refractivity contribution >= 4 is 5.91 Å². The van der Waals surface area contributed by atoms with Gasteiger partial charge in [-0.2, -0.15) is 0 Å². The van der Waals surface area contributed by atoms with E-state index in [0.717, 1.165) is 56.9 Å². The summed E-state index contributed by atoms with van der Waals surface area (Å²) in [6.07, 6.45) is 3.39. The molecule has 1 amide bonds. The van der Waals surface area contributed by atoms with Crippen molar-refractivity contribution in [3.05, 3.63) is 17.0 Å². The Morgan fingerprint density at radius 3 is 2.78 bits per heavy atom. The van der Waals surface area contributed by atoms with Gasteiger partial charge >= 0.3 is 0 Å². The highest BCUT2D eigenvalue weighted by molar-refractivity contribution is 5.77. The molecule has 0 saturated carbocycles. The van der Waals surface area contributed by atoms with Gasteiger partial charge in [0.2, 0.25) is 5.91 Å². The monoisotopic (exact) mass is 321 g/mol. The first kappa shape index (κ1) is 16.5. The summed E-state index contributed by atoms with van der Waals surface area (Å²) >= 11 is 0. The van der Waals surface area contributed by atoms with Gasteiger partial charge in [0, 0.05) is 43.9 Å². The molecule has 128 valence electrons. The predicted molar refractivity (Wildman–Crippen MR) is 86.0 cm³/mol. The lowest BCUT2D eigenvalue weighted by molar-refractivity contribution is -0.145. The van der Waals surface area contributed by atoms with E-state index in [0.29, 0.717) is 6.61 Å². The molecule has 0 aromatic carbocycles. The number of aromatic nitrogens is 1. The van der Waals surface area contributed by atoms with Crippen LogP contribution in [0.4, 0.5) is 0 Å². The lowest BCUT2D eigenvalue weighted by Crippen LogP contribution is -2.67. The topological polar surface area (TPSA) is 58.8 Å². The molecule has 3 rings (SSSR count). The third-order valence-corrected chi connectivity index (χ3v) is 5.39. The Morgan fingerprint density at radius 1 is 1.35 bits per heavy atom. The van der Waals surface area contributed by atoms with Crippen LogP contribution in [0, 0.1) is 13.8 Å². The van der Waals surface area contributed by atoms with Crippen LogP contribution in [0.2, 0.25) is 0 Å². The van der Waals surface area contributed by atoms with E-state index in [1.807, 2.05) is 25.7 Å². The number of aryl methyl sites for hydroxylation is 2. The van der Waals surface area contributed by atoms with Crippen molar-refractivity contribution in [3.63, 3.8) is 0 Å². The number of nitrogens with zero attached hydrogens (tertiary/aromatic N) is 3. The highest BCUT2D eigenvalue weighted by atomic mass is 16.5. The van der Waals surface area contributed by atoms with Crippen LogP contribution in [0.5, 0.6) is 0 Å². The Labute approximate surface area is 137 Å². The average Bonchev–Trinajstić information content (AvgIpc) is 2.87. The Hall–Kier alpha value is -1.40. The molecule has 0 N–H and O–H groups in total. The summed E-state index contributed by atoms with van der Waals surface area (Å²) in [5.74, 6) is 1.03. The lowest BCUT2D eigenvalue weighted by atomic mass is 9.77. The smallest absolute Gasteiger partial charge is 0.248 e. The molecule has 3 heterocycles. The van der Waals surface area contributed by atoms with Gasteiger partial charge in [0.1, 0.15) is 12.4 Å². The number of carbonyl (C=O) groups excluding carboxylic acids is 1. The van der Waals surface area contributed by atoms with Gasteiger partial charge in [-0.05, 0) is 40.0 Å². The number of carbonyl (C=O) groups is 1. The Bertz CT molecular complexity index is 552.